The standard InChI is InChI=1S/C21H15F6N7O/c1-11(14-6-5-13(20(22,23)24)8-15(14)21(25,26)27)33-10-12(9-30-33)18-17(19(28)35)31-32-34(18)16-4-2-3-7-29-16/h2-11H,1H3,(H2,28,35). The lowest BCUT2D eigenvalue weighted by Crippen LogP contribution is -2.17. The first-order valence-corrected chi connectivity index (χ1v) is 9.87. The molecule has 0 saturated carbocycles. The van der Waals surface area contributed by atoms with Crippen molar-refractivity contribution >= 4 is 5.91 Å². The fourth-order valence-electron chi connectivity index (χ4n) is 3.50. The number of alkyl halides is 6. The molecule has 0 bridgehead atoms. The Balaban J connectivity index is 1.80. The summed E-state index contributed by atoms with van der Waals surface area (Å²) in [4.78, 5) is 16.0. The van der Waals surface area contributed by atoms with E-state index >= 15 is 0 Å². The van der Waals surface area contributed by atoms with Gasteiger partial charge < -0.3 is 5.73 Å². The van der Waals surface area contributed by atoms with Gasteiger partial charge in [-0.3, -0.25) is 9.48 Å². The van der Waals surface area contributed by atoms with E-state index in [-0.39, 0.29) is 28.8 Å². The van der Waals surface area contributed by atoms with Gasteiger partial charge in [0.15, 0.2) is 11.5 Å². The summed E-state index contributed by atoms with van der Waals surface area (Å²) < 4.78 is 82.3. The number of amides is 1. The van der Waals surface area contributed by atoms with Gasteiger partial charge in [-0.1, -0.05) is 17.3 Å². The number of carbonyl (C=O) groups excluding carboxylic acids is 1. The minimum absolute atomic E-state index is 0.0709. The molecule has 1 unspecified atom stereocenters. The first-order chi connectivity index (χ1) is 16.4. The predicted octanol–water partition coefficient (Wildman–Crippen LogP) is 4.27. The zero-order valence-corrected chi connectivity index (χ0v) is 17.7. The molecule has 3 aromatic heterocycles. The second-order valence-corrected chi connectivity index (χ2v) is 7.43. The number of nitrogens with zero attached hydrogens (tertiary/aromatic N) is 6. The summed E-state index contributed by atoms with van der Waals surface area (Å²) in [6.07, 6.45) is -5.95. The van der Waals surface area contributed by atoms with Crippen LogP contribution < -0.4 is 5.73 Å². The van der Waals surface area contributed by atoms with Crippen molar-refractivity contribution in [3.8, 4) is 17.1 Å². The van der Waals surface area contributed by atoms with Crippen molar-refractivity contribution < 1.29 is 31.1 Å². The molecule has 14 heteroatoms. The van der Waals surface area contributed by atoms with Gasteiger partial charge in [0.1, 0.15) is 5.69 Å². The SMILES string of the molecule is CC(c1ccc(C(F)(F)F)cc1C(F)(F)F)n1cc(-c2c(C(N)=O)nnn2-c2ccccn2)cn1. The molecule has 182 valence electrons. The van der Waals surface area contributed by atoms with Crippen molar-refractivity contribution in [1.82, 2.24) is 29.8 Å². The third-order valence-corrected chi connectivity index (χ3v) is 5.18. The van der Waals surface area contributed by atoms with E-state index in [2.05, 4.69) is 20.4 Å². The van der Waals surface area contributed by atoms with Crippen LogP contribution in [0.15, 0.2) is 55.0 Å². The Bertz CT molecular complexity index is 1380. The number of rotatable bonds is 5. The van der Waals surface area contributed by atoms with E-state index in [1.807, 2.05) is 0 Å². The van der Waals surface area contributed by atoms with Crippen LogP contribution in [-0.4, -0.2) is 35.7 Å². The highest BCUT2D eigenvalue weighted by molar-refractivity contribution is 5.97. The lowest BCUT2D eigenvalue weighted by atomic mass is 9.98. The van der Waals surface area contributed by atoms with Crippen LogP contribution in [0.4, 0.5) is 26.3 Å². The topological polar surface area (TPSA) is 105 Å². The van der Waals surface area contributed by atoms with Gasteiger partial charge in [0.05, 0.1) is 23.4 Å². The molecule has 1 aromatic carbocycles. The molecular weight excluding hydrogens is 480 g/mol. The zero-order valence-electron chi connectivity index (χ0n) is 17.7. The van der Waals surface area contributed by atoms with E-state index in [0.29, 0.717) is 6.07 Å². The van der Waals surface area contributed by atoms with Crippen LogP contribution in [0.5, 0.6) is 0 Å². The number of nitrogens with two attached hydrogens (primary N) is 1. The highest BCUT2D eigenvalue weighted by Crippen LogP contribution is 2.40. The molecule has 3 heterocycles. The highest BCUT2D eigenvalue weighted by Gasteiger charge is 2.39. The van der Waals surface area contributed by atoms with Gasteiger partial charge in [-0.25, -0.2) is 4.98 Å². The molecule has 0 saturated heterocycles. The smallest absolute Gasteiger partial charge is 0.364 e. The highest BCUT2D eigenvalue weighted by atomic mass is 19.4. The van der Waals surface area contributed by atoms with Gasteiger partial charge in [-0.15, -0.1) is 5.10 Å². The van der Waals surface area contributed by atoms with Crippen molar-refractivity contribution in [1.29, 1.82) is 0 Å². The lowest BCUT2D eigenvalue weighted by molar-refractivity contribution is -0.143. The maximum Gasteiger partial charge on any atom is 0.416 e. The lowest BCUT2D eigenvalue weighted by Gasteiger charge is -2.20. The Morgan fingerprint density at radius 1 is 1.06 bits per heavy atom. The van der Waals surface area contributed by atoms with Crippen LogP contribution in [0.1, 0.15) is 40.1 Å². The quantitative estimate of drug-likeness (QED) is 0.417. The van der Waals surface area contributed by atoms with Crippen LogP contribution in [0, 0.1) is 0 Å². The molecule has 1 amide bonds. The van der Waals surface area contributed by atoms with E-state index < -0.39 is 41.0 Å². The first kappa shape index (κ1) is 23.9. The van der Waals surface area contributed by atoms with E-state index in [1.165, 1.54) is 30.2 Å². The zero-order chi connectivity index (χ0) is 25.5. The van der Waals surface area contributed by atoms with Crippen LogP contribution in [0.2, 0.25) is 0 Å². The van der Waals surface area contributed by atoms with Crippen LogP contribution in [-0.2, 0) is 12.4 Å². The molecule has 0 aliphatic carbocycles. The third-order valence-electron chi connectivity index (χ3n) is 5.18. The minimum Gasteiger partial charge on any atom is -0.364 e. The number of halogens is 6. The van der Waals surface area contributed by atoms with E-state index in [4.69, 9.17) is 5.73 Å². The number of aromatic nitrogens is 6. The molecule has 0 spiro atoms. The van der Waals surface area contributed by atoms with Crippen molar-refractivity contribution in [2.45, 2.75) is 25.3 Å². The van der Waals surface area contributed by atoms with Crippen LogP contribution in [0.25, 0.3) is 17.1 Å². The van der Waals surface area contributed by atoms with Crippen molar-refractivity contribution in [2.75, 3.05) is 0 Å². The monoisotopic (exact) mass is 495 g/mol. The van der Waals surface area contributed by atoms with E-state index in [9.17, 15) is 31.1 Å². The number of hydrogen-bond donors (Lipinski definition) is 1. The summed E-state index contributed by atoms with van der Waals surface area (Å²) in [7, 11) is 0. The van der Waals surface area contributed by atoms with E-state index in [1.54, 1.807) is 18.2 Å². The number of benzene rings is 1. The average Bonchev–Trinajstić information content (AvgIpc) is 3.45. The van der Waals surface area contributed by atoms with E-state index in [0.717, 1.165) is 10.7 Å². The molecule has 4 rings (SSSR count). The molecule has 0 aliphatic heterocycles. The molecule has 4 aromatic rings. The normalized spacial score (nSPS) is 13.1. The maximum atomic E-state index is 13.6. The number of primary amides is 1. The van der Waals surface area contributed by atoms with Gasteiger partial charge in [0.2, 0.25) is 0 Å². The number of pyridine rings is 1. The Hall–Kier alpha value is -4.23. The largest absolute Gasteiger partial charge is 0.416 e. The Morgan fingerprint density at radius 3 is 2.40 bits per heavy atom. The van der Waals surface area contributed by atoms with Gasteiger partial charge in [-0.05, 0) is 36.8 Å². The van der Waals surface area contributed by atoms with Crippen LogP contribution >= 0.6 is 0 Å². The Kier molecular flexibility index (Phi) is 5.82. The van der Waals surface area contributed by atoms with Crippen LogP contribution in [0.3, 0.4) is 0 Å². The van der Waals surface area contributed by atoms with Gasteiger partial charge in [0.25, 0.3) is 5.91 Å². The molecule has 35 heavy (non-hydrogen) atoms. The molecular formula is C21H15F6N7O. The molecule has 8 nitrogen and oxygen atoms in total. The second-order valence-electron chi connectivity index (χ2n) is 7.43. The molecule has 0 aliphatic rings. The summed E-state index contributed by atoms with van der Waals surface area (Å²) in [5, 5.41) is 11.7. The van der Waals surface area contributed by atoms with Gasteiger partial charge in [-0.2, -0.15) is 36.1 Å². The number of carbonyl (C=O) groups is 1. The molecule has 2 N–H and O–H groups in total. The average molecular weight is 495 g/mol. The first-order valence-electron chi connectivity index (χ1n) is 9.87. The maximum absolute atomic E-state index is 13.6. The second kappa shape index (κ2) is 8.52. The minimum atomic E-state index is -5.04. The molecule has 1 atom stereocenters. The predicted molar refractivity (Wildman–Crippen MR) is 109 cm³/mol. The fourth-order valence-corrected chi connectivity index (χ4v) is 3.50. The van der Waals surface area contributed by atoms with Crippen molar-refractivity contribution in [3.63, 3.8) is 0 Å². The summed E-state index contributed by atoms with van der Waals surface area (Å²) in [5.74, 6) is -0.629. The molecule has 0 fully saturated rings. The summed E-state index contributed by atoms with van der Waals surface area (Å²) >= 11 is 0. The third kappa shape index (κ3) is 4.58. The molecule has 0 radical (unpaired) electrons. The Morgan fingerprint density at radius 2 is 1.80 bits per heavy atom. The van der Waals surface area contributed by atoms with Crippen molar-refractivity contribution in [2.24, 2.45) is 5.73 Å². The summed E-state index contributed by atoms with van der Waals surface area (Å²) in [6, 6.07) is 5.18. The Labute approximate surface area is 193 Å². The summed E-state index contributed by atoms with van der Waals surface area (Å²) in [5.41, 5.74) is 2.21. The van der Waals surface area contributed by atoms with Gasteiger partial charge >= 0.3 is 12.4 Å². The van der Waals surface area contributed by atoms with Gasteiger partial charge in [0, 0.05) is 18.0 Å². The fraction of sp³-hybridized carbons (Fsp3) is 0.190. The number of hydrogen-bond acceptors (Lipinski definition) is 5. The summed E-state index contributed by atoms with van der Waals surface area (Å²) in [6.45, 7) is 1.35. The van der Waals surface area contributed by atoms with Crippen molar-refractivity contribution in [3.05, 3.63) is 77.4 Å².